The zero-order chi connectivity index (χ0) is 26.7. The summed E-state index contributed by atoms with van der Waals surface area (Å²) in [6.45, 7) is 0.581. The number of benzene rings is 3. The fourth-order valence-electron chi connectivity index (χ4n) is 3.66. The minimum Gasteiger partial charge on any atom is -0.497 e. The highest BCUT2D eigenvalue weighted by Gasteiger charge is 2.19. The van der Waals surface area contributed by atoms with E-state index >= 15 is 0 Å². The summed E-state index contributed by atoms with van der Waals surface area (Å²) in [6.07, 6.45) is 0.597. The molecule has 4 rings (SSSR count). The summed E-state index contributed by atoms with van der Waals surface area (Å²) in [5, 5.41) is 6.58. The number of carbonyl (C=O) groups excluding carboxylic acids is 2. The lowest BCUT2D eigenvalue weighted by atomic mass is 10.1. The fourth-order valence-corrected chi connectivity index (χ4v) is 3.66. The molecule has 38 heavy (non-hydrogen) atoms. The van der Waals surface area contributed by atoms with Crippen LogP contribution < -0.4 is 14.8 Å². The molecule has 3 aromatic carbocycles. The van der Waals surface area contributed by atoms with Gasteiger partial charge in [0, 0.05) is 19.2 Å². The van der Waals surface area contributed by atoms with E-state index in [1.54, 1.807) is 36.3 Å². The molecule has 0 aliphatic heterocycles. The molecular weight excluding hydrogens is 489 g/mol. The van der Waals surface area contributed by atoms with Gasteiger partial charge in [0.15, 0.2) is 18.1 Å². The normalized spacial score (nSPS) is 10.6. The van der Waals surface area contributed by atoms with Crippen LogP contribution in [0, 0.1) is 5.82 Å². The van der Waals surface area contributed by atoms with E-state index in [1.807, 2.05) is 42.5 Å². The first-order valence-electron chi connectivity index (χ1n) is 12.1. The molecule has 4 aromatic rings. The van der Waals surface area contributed by atoms with E-state index in [4.69, 9.17) is 14.0 Å². The topological polar surface area (TPSA) is 93.9 Å². The third-order valence-corrected chi connectivity index (χ3v) is 5.79. The molecule has 2 amide bonds. The molecule has 196 valence electrons. The van der Waals surface area contributed by atoms with E-state index in [0.29, 0.717) is 24.5 Å². The maximum absolute atomic E-state index is 13.1. The smallest absolute Gasteiger partial charge is 0.273 e. The van der Waals surface area contributed by atoms with E-state index in [-0.39, 0.29) is 37.1 Å². The molecule has 0 radical (unpaired) electrons. The summed E-state index contributed by atoms with van der Waals surface area (Å²) in [6, 6.07) is 24.1. The molecule has 0 aliphatic carbocycles. The third kappa shape index (κ3) is 7.67. The Balaban J connectivity index is 1.39. The van der Waals surface area contributed by atoms with Crippen molar-refractivity contribution in [1.82, 2.24) is 15.4 Å². The molecule has 1 heterocycles. The summed E-state index contributed by atoms with van der Waals surface area (Å²) in [7, 11) is 1.61. The van der Waals surface area contributed by atoms with Crippen molar-refractivity contribution < 1.29 is 28.0 Å². The molecule has 0 saturated heterocycles. The molecule has 0 bridgehead atoms. The van der Waals surface area contributed by atoms with Crippen LogP contribution in [-0.4, -0.2) is 42.1 Å². The summed E-state index contributed by atoms with van der Waals surface area (Å²) < 4.78 is 29.3. The molecule has 8 nitrogen and oxygen atoms in total. The Morgan fingerprint density at radius 3 is 2.37 bits per heavy atom. The molecule has 0 aliphatic rings. The summed E-state index contributed by atoms with van der Waals surface area (Å²) >= 11 is 0. The second-order valence-electron chi connectivity index (χ2n) is 8.50. The van der Waals surface area contributed by atoms with Crippen LogP contribution in [-0.2, 0) is 24.3 Å². The Hall–Kier alpha value is -4.66. The maximum Gasteiger partial charge on any atom is 0.273 e. The van der Waals surface area contributed by atoms with Gasteiger partial charge in [-0.05, 0) is 53.9 Å². The van der Waals surface area contributed by atoms with Crippen LogP contribution in [0.1, 0.15) is 27.4 Å². The quantitative estimate of drug-likeness (QED) is 0.299. The highest BCUT2D eigenvalue weighted by Crippen LogP contribution is 2.15. The Labute approximate surface area is 220 Å². The van der Waals surface area contributed by atoms with E-state index < -0.39 is 5.91 Å². The number of carbonyl (C=O) groups is 2. The summed E-state index contributed by atoms with van der Waals surface area (Å²) in [5.41, 5.74) is 1.87. The molecule has 1 N–H and O–H groups in total. The number of ether oxygens (including phenoxy) is 2. The fraction of sp³-hybridized carbons (Fsp3) is 0.207. The molecule has 0 saturated carbocycles. The van der Waals surface area contributed by atoms with Crippen molar-refractivity contribution in [3.8, 4) is 11.5 Å². The first kappa shape index (κ1) is 26.4. The van der Waals surface area contributed by atoms with Crippen LogP contribution in [0.25, 0.3) is 0 Å². The second-order valence-corrected chi connectivity index (χ2v) is 8.50. The second kappa shape index (κ2) is 13.0. The average molecular weight is 518 g/mol. The van der Waals surface area contributed by atoms with Gasteiger partial charge in [-0.3, -0.25) is 9.59 Å². The van der Waals surface area contributed by atoms with E-state index in [1.165, 1.54) is 18.2 Å². The van der Waals surface area contributed by atoms with Gasteiger partial charge in [0.25, 0.3) is 11.8 Å². The molecule has 0 spiro atoms. The standard InChI is InChI=1S/C29H28FN3O5/c1-36-24-13-9-21(10-14-24)15-16-33(28(34)20-37-25-5-3-2-4-6-25)19-26-17-27(32-38-26)29(35)31-18-22-7-11-23(30)12-8-22/h2-14,17H,15-16,18-20H2,1H3,(H,31,35). The number of para-hydroxylation sites is 1. The van der Waals surface area contributed by atoms with Gasteiger partial charge in [0.2, 0.25) is 0 Å². The Kier molecular flexibility index (Phi) is 9.07. The largest absolute Gasteiger partial charge is 0.497 e. The lowest BCUT2D eigenvalue weighted by molar-refractivity contribution is -0.134. The monoisotopic (exact) mass is 517 g/mol. The Bertz CT molecular complexity index is 1320. The van der Waals surface area contributed by atoms with Crippen LogP contribution in [0.3, 0.4) is 0 Å². The molecule has 9 heteroatoms. The van der Waals surface area contributed by atoms with Crippen LogP contribution in [0.15, 0.2) is 89.5 Å². The number of hydrogen-bond donors (Lipinski definition) is 1. The SMILES string of the molecule is COc1ccc(CCN(Cc2cc(C(=O)NCc3ccc(F)cc3)no2)C(=O)COc2ccccc2)cc1. The summed E-state index contributed by atoms with van der Waals surface area (Å²) in [4.78, 5) is 27.2. The van der Waals surface area contributed by atoms with Gasteiger partial charge >= 0.3 is 0 Å². The van der Waals surface area contributed by atoms with Crippen LogP contribution in [0.5, 0.6) is 11.5 Å². The number of hydrogen-bond acceptors (Lipinski definition) is 6. The van der Waals surface area contributed by atoms with Crippen molar-refractivity contribution in [2.45, 2.75) is 19.5 Å². The van der Waals surface area contributed by atoms with Gasteiger partial charge in [0.1, 0.15) is 17.3 Å². The minimum absolute atomic E-state index is 0.0881. The summed E-state index contributed by atoms with van der Waals surface area (Å²) in [5.74, 6) is 0.690. The number of nitrogens with one attached hydrogen (secondary N) is 1. The van der Waals surface area contributed by atoms with Crippen LogP contribution in [0.2, 0.25) is 0 Å². The highest BCUT2D eigenvalue weighted by molar-refractivity contribution is 5.92. The Morgan fingerprint density at radius 2 is 1.66 bits per heavy atom. The predicted molar refractivity (Wildman–Crippen MR) is 138 cm³/mol. The zero-order valence-corrected chi connectivity index (χ0v) is 20.9. The Morgan fingerprint density at radius 1 is 0.947 bits per heavy atom. The van der Waals surface area contributed by atoms with Gasteiger partial charge in [0.05, 0.1) is 13.7 Å². The first-order chi connectivity index (χ1) is 18.5. The number of halogens is 1. The van der Waals surface area contributed by atoms with Crippen molar-refractivity contribution in [3.05, 3.63) is 113 Å². The number of aromatic nitrogens is 1. The van der Waals surface area contributed by atoms with E-state index in [9.17, 15) is 14.0 Å². The number of rotatable bonds is 12. The van der Waals surface area contributed by atoms with Gasteiger partial charge in [-0.25, -0.2) is 4.39 Å². The maximum atomic E-state index is 13.1. The number of amides is 2. The predicted octanol–water partition coefficient (Wildman–Crippen LogP) is 4.40. The van der Waals surface area contributed by atoms with Crippen LogP contribution in [0.4, 0.5) is 4.39 Å². The highest BCUT2D eigenvalue weighted by atomic mass is 19.1. The van der Waals surface area contributed by atoms with Crippen molar-refractivity contribution in [2.24, 2.45) is 0 Å². The third-order valence-electron chi connectivity index (χ3n) is 5.79. The molecule has 1 aromatic heterocycles. The van der Waals surface area contributed by atoms with Gasteiger partial charge in [-0.2, -0.15) is 0 Å². The molecular formula is C29H28FN3O5. The lowest BCUT2D eigenvalue weighted by Crippen LogP contribution is -2.36. The van der Waals surface area contributed by atoms with E-state index in [0.717, 1.165) is 16.9 Å². The number of methoxy groups -OCH3 is 1. The van der Waals surface area contributed by atoms with Gasteiger partial charge in [-0.15, -0.1) is 0 Å². The van der Waals surface area contributed by atoms with Crippen molar-refractivity contribution in [3.63, 3.8) is 0 Å². The van der Waals surface area contributed by atoms with Crippen molar-refractivity contribution in [2.75, 3.05) is 20.3 Å². The van der Waals surface area contributed by atoms with Crippen LogP contribution >= 0.6 is 0 Å². The zero-order valence-electron chi connectivity index (χ0n) is 20.9. The molecule has 0 unspecified atom stereocenters. The van der Waals surface area contributed by atoms with Gasteiger partial charge < -0.3 is 24.2 Å². The lowest BCUT2D eigenvalue weighted by Gasteiger charge is -2.21. The number of nitrogens with zero attached hydrogens (tertiary/aromatic N) is 2. The first-order valence-corrected chi connectivity index (χ1v) is 12.1. The molecule has 0 fully saturated rings. The van der Waals surface area contributed by atoms with Gasteiger partial charge in [-0.1, -0.05) is 47.6 Å². The van der Waals surface area contributed by atoms with E-state index in [2.05, 4.69) is 10.5 Å². The average Bonchev–Trinajstić information content (AvgIpc) is 3.43. The van der Waals surface area contributed by atoms with Crippen molar-refractivity contribution >= 4 is 11.8 Å². The van der Waals surface area contributed by atoms with Crippen molar-refractivity contribution in [1.29, 1.82) is 0 Å². The molecule has 0 atom stereocenters. The minimum atomic E-state index is -0.437.